The molecule has 0 aromatic rings. The van der Waals surface area contributed by atoms with Crippen molar-refractivity contribution in [2.24, 2.45) is 11.0 Å². The van der Waals surface area contributed by atoms with Crippen molar-refractivity contribution in [1.29, 1.82) is 0 Å². The van der Waals surface area contributed by atoms with E-state index in [0.717, 1.165) is 0 Å². The molecule has 78 valence electrons. The zero-order chi connectivity index (χ0) is 10.6. The largest absolute Gasteiger partial charge is 0.342 e. The lowest BCUT2D eigenvalue weighted by molar-refractivity contribution is -0.128. The minimum Gasteiger partial charge on any atom is -0.342 e. The van der Waals surface area contributed by atoms with E-state index in [-0.39, 0.29) is 19.0 Å². The predicted octanol–water partition coefficient (Wildman–Crippen LogP) is 1.41. The lowest BCUT2D eigenvalue weighted by Crippen LogP contribution is -2.31. The van der Waals surface area contributed by atoms with Gasteiger partial charge in [-0.15, -0.1) is 0 Å². The van der Waals surface area contributed by atoms with Crippen molar-refractivity contribution in [1.82, 2.24) is 4.90 Å². The second-order valence-electron chi connectivity index (χ2n) is 3.11. The summed E-state index contributed by atoms with van der Waals surface area (Å²) in [6.45, 7) is 0.110. The molecule has 0 N–H and O–H groups in total. The SMILES string of the molecule is [N-]=[N+]=NCC(=O)N1CC[C@H](C(F)F)C1. The van der Waals surface area contributed by atoms with Gasteiger partial charge in [0.15, 0.2) is 0 Å². The Morgan fingerprint density at radius 2 is 2.43 bits per heavy atom. The molecule has 0 aliphatic carbocycles. The van der Waals surface area contributed by atoms with E-state index in [9.17, 15) is 13.6 Å². The number of nitrogens with zero attached hydrogens (tertiary/aromatic N) is 4. The van der Waals surface area contributed by atoms with E-state index in [0.29, 0.717) is 13.0 Å². The Kier molecular flexibility index (Phi) is 3.64. The van der Waals surface area contributed by atoms with Crippen molar-refractivity contribution < 1.29 is 13.6 Å². The molecule has 1 aliphatic rings. The first kappa shape index (κ1) is 10.7. The van der Waals surface area contributed by atoms with E-state index in [4.69, 9.17) is 5.53 Å². The summed E-state index contributed by atoms with van der Waals surface area (Å²) in [7, 11) is 0. The number of alkyl halides is 2. The average molecular weight is 204 g/mol. The number of carbonyl (C=O) groups is 1. The van der Waals surface area contributed by atoms with Crippen LogP contribution in [-0.2, 0) is 4.79 Å². The van der Waals surface area contributed by atoms with Crippen LogP contribution in [-0.4, -0.2) is 36.9 Å². The third-order valence-electron chi connectivity index (χ3n) is 2.20. The summed E-state index contributed by atoms with van der Waals surface area (Å²) in [4.78, 5) is 14.9. The van der Waals surface area contributed by atoms with Crippen LogP contribution in [0.15, 0.2) is 5.11 Å². The Morgan fingerprint density at radius 1 is 1.71 bits per heavy atom. The standard InChI is InChI=1S/C7H10F2N4O/c8-7(9)5-1-2-13(4-5)6(14)3-11-12-10/h5,7H,1-4H2/t5-/m0/s1. The summed E-state index contributed by atoms with van der Waals surface area (Å²) in [5.41, 5.74) is 7.97. The highest BCUT2D eigenvalue weighted by Crippen LogP contribution is 2.22. The molecule has 7 heteroatoms. The molecular formula is C7H10F2N4O. The van der Waals surface area contributed by atoms with Gasteiger partial charge in [0.25, 0.3) is 0 Å². The minimum atomic E-state index is -2.38. The maximum atomic E-state index is 12.2. The smallest absolute Gasteiger partial charge is 0.243 e. The van der Waals surface area contributed by atoms with Crippen LogP contribution in [0, 0.1) is 5.92 Å². The van der Waals surface area contributed by atoms with Gasteiger partial charge in [-0.1, -0.05) is 5.11 Å². The summed E-state index contributed by atoms with van der Waals surface area (Å²) in [6, 6.07) is 0. The molecule has 1 heterocycles. The van der Waals surface area contributed by atoms with Crippen LogP contribution in [0.2, 0.25) is 0 Å². The Bertz CT molecular complexity index is 264. The Balaban J connectivity index is 2.41. The first-order chi connectivity index (χ1) is 6.65. The van der Waals surface area contributed by atoms with Gasteiger partial charge < -0.3 is 4.90 Å². The van der Waals surface area contributed by atoms with Gasteiger partial charge in [-0.2, -0.15) is 0 Å². The molecule has 0 unspecified atom stereocenters. The van der Waals surface area contributed by atoms with Gasteiger partial charge in [0.1, 0.15) is 6.54 Å². The van der Waals surface area contributed by atoms with E-state index in [1.165, 1.54) is 4.90 Å². The summed E-state index contributed by atoms with van der Waals surface area (Å²) in [5, 5.41) is 3.09. The number of carbonyl (C=O) groups excluding carboxylic acids is 1. The van der Waals surface area contributed by atoms with Gasteiger partial charge in [0.2, 0.25) is 12.3 Å². The average Bonchev–Trinajstić information content (AvgIpc) is 2.62. The fourth-order valence-electron chi connectivity index (χ4n) is 1.41. The number of amides is 1. The Hall–Kier alpha value is -1.36. The van der Waals surface area contributed by atoms with Gasteiger partial charge in [-0.25, -0.2) is 8.78 Å². The lowest BCUT2D eigenvalue weighted by Gasteiger charge is -2.14. The van der Waals surface area contributed by atoms with Gasteiger partial charge >= 0.3 is 0 Å². The quantitative estimate of drug-likeness (QED) is 0.389. The first-order valence-electron chi connectivity index (χ1n) is 4.22. The lowest BCUT2D eigenvalue weighted by atomic mass is 10.1. The van der Waals surface area contributed by atoms with Crippen LogP contribution in [0.5, 0.6) is 0 Å². The molecule has 0 aromatic heterocycles. The molecule has 1 atom stereocenters. The van der Waals surface area contributed by atoms with Crippen molar-refractivity contribution in [2.75, 3.05) is 19.6 Å². The van der Waals surface area contributed by atoms with E-state index in [2.05, 4.69) is 10.0 Å². The maximum Gasteiger partial charge on any atom is 0.243 e. The normalized spacial score (nSPS) is 21.1. The van der Waals surface area contributed by atoms with E-state index in [1.54, 1.807) is 0 Å². The van der Waals surface area contributed by atoms with E-state index < -0.39 is 12.3 Å². The summed E-state index contributed by atoms with van der Waals surface area (Å²) < 4.78 is 24.4. The van der Waals surface area contributed by atoms with Crippen LogP contribution in [0.1, 0.15) is 6.42 Å². The van der Waals surface area contributed by atoms with E-state index in [1.807, 2.05) is 0 Å². The molecule has 5 nitrogen and oxygen atoms in total. The second-order valence-corrected chi connectivity index (χ2v) is 3.11. The van der Waals surface area contributed by atoms with Gasteiger partial charge in [-0.05, 0) is 12.0 Å². The first-order valence-corrected chi connectivity index (χ1v) is 4.22. The molecule has 14 heavy (non-hydrogen) atoms. The predicted molar refractivity (Wildman–Crippen MR) is 44.7 cm³/mol. The number of hydrogen-bond donors (Lipinski definition) is 0. The van der Waals surface area contributed by atoms with Crippen LogP contribution < -0.4 is 0 Å². The van der Waals surface area contributed by atoms with E-state index >= 15 is 0 Å². The topological polar surface area (TPSA) is 69.1 Å². The van der Waals surface area contributed by atoms with Crippen molar-refractivity contribution in [3.63, 3.8) is 0 Å². The highest BCUT2D eigenvalue weighted by molar-refractivity contribution is 5.78. The minimum absolute atomic E-state index is 0.0669. The van der Waals surface area contributed by atoms with Crippen molar-refractivity contribution in [3.8, 4) is 0 Å². The highest BCUT2D eigenvalue weighted by atomic mass is 19.3. The maximum absolute atomic E-state index is 12.2. The zero-order valence-corrected chi connectivity index (χ0v) is 7.44. The molecule has 1 fully saturated rings. The van der Waals surface area contributed by atoms with Gasteiger partial charge in [0, 0.05) is 23.9 Å². The Morgan fingerprint density at radius 3 is 2.93 bits per heavy atom. The zero-order valence-electron chi connectivity index (χ0n) is 7.44. The second kappa shape index (κ2) is 4.76. The van der Waals surface area contributed by atoms with Gasteiger partial charge in [0.05, 0.1) is 0 Å². The number of hydrogen-bond acceptors (Lipinski definition) is 2. The molecular weight excluding hydrogens is 194 g/mol. The van der Waals surface area contributed by atoms with Crippen LogP contribution in [0.3, 0.4) is 0 Å². The fourth-order valence-corrected chi connectivity index (χ4v) is 1.41. The Labute approximate surface area is 79.3 Å². The molecule has 0 bridgehead atoms. The molecule has 0 spiro atoms. The molecule has 0 saturated carbocycles. The monoisotopic (exact) mass is 204 g/mol. The summed E-state index contributed by atoms with van der Waals surface area (Å²) in [5.74, 6) is -1.11. The molecule has 0 aromatic carbocycles. The molecule has 1 amide bonds. The number of rotatable bonds is 3. The van der Waals surface area contributed by atoms with Crippen molar-refractivity contribution in [2.45, 2.75) is 12.8 Å². The summed E-state index contributed by atoms with van der Waals surface area (Å²) in [6.07, 6.45) is -2.06. The third-order valence-corrected chi connectivity index (χ3v) is 2.20. The number of likely N-dealkylation sites (tertiary alicyclic amines) is 1. The molecule has 0 radical (unpaired) electrons. The number of azide groups is 1. The summed E-state index contributed by atoms with van der Waals surface area (Å²) >= 11 is 0. The van der Waals surface area contributed by atoms with Gasteiger partial charge in [-0.3, -0.25) is 4.79 Å². The van der Waals surface area contributed by atoms with Crippen LogP contribution in [0.25, 0.3) is 10.4 Å². The van der Waals surface area contributed by atoms with Crippen LogP contribution >= 0.6 is 0 Å². The van der Waals surface area contributed by atoms with Crippen molar-refractivity contribution >= 4 is 5.91 Å². The highest BCUT2D eigenvalue weighted by Gasteiger charge is 2.31. The third kappa shape index (κ3) is 2.56. The van der Waals surface area contributed by atoms with Crippen molar-refractivity contribution in [3.05, 3.63) is 10.4 Å². The number of halogens is 2. The molecule has 1 saturated heterocycles. The van der Waals surface area contributed by atoms with Crippen LogP contribution in [0.4, 0.5) is 8.78 Å². The molecule has 1 aliphatic heterocycles. The fraction of sp³-hybridized carbons (Fsp3) is 0.857. The molecule has 1 rings (SSSR count).